The number of esters is 1. The van der Waals surface area contributed by atoms with Gasteiger partial charge in [0.1, 0.15) is 6.61 Å². The van der Waals surface area contributed by atoms with Crippen LogP contribution in [0.1, 0.15) is 29.5 Å². The van der Waals surface area contributed by atoms with Crippen LogP contribution in [-0.2, 0) is 29.0 Å². The Kier molecular flexibility index (Phi) is 8.33. The predicted octanol–water partition coefficient (Wildman–Crippen LogP) is 5.84. The van der Waals surface area contributed by atoms with Gasteiger partial charge in [-0.25, -0.2) is 0 Å². The molecule has 0 radical (unpaired) electrons. The fourth-order valence-corrected chi connectivity index (χ4v) is 3.27. The second-order valence-electron chi connectivity index (χ2n) is 7.03. The highest BCUT2D eigenvalue weighted by molar-refractivity contribution is 9.10. The minimum Gasteiger partial charge on any atom is -0.504 e. The second-order valence-corrected chi connectivity index (χ2v) is 7.94. The topological polar surface area (TPSA) is 55.8 Å². The van der Waals surface area contributed by atoms with E-state index in [4.69, 9.17) is 9.47 Å². The first kappa shape index (κ1) is 21.9. The van der Waals surface area contributed by atoms with E-state index in [0.29, 0.717) is 25.4 Å². The number of hydrogen-bond donors (Lipinski definition) is 1. The molecule has 3 aromatic carbocycles. The number of hydrogen-bond acceptors (Lipinski definition) is 4. The first-order chi connectivity index (χ1) is 14.6. The molecule has 5 heteroatoms. The van der Waals surface area contributed by atoms with E-state index in [1.54, 1.807) is 12.1 Å². The van der Waals surface area contributed by atoms with Crippen molar-refractivity contribution in [1.82, 2.24) is 0 Å². The molecule has 0 aromatic heterocycles. The summed E-state index contributed by atoms with van der Waals surface area (Å²) in [6, 6.07) is 23.2. The molecule has 156 valence electrons. The molecule has 0 bridgehead atoms. The van der Waals surface area contributed by atoms with E-state index in [1.165, 1.54) is 5.56 Å². The number of halogens is 1. The lowest BCUT2D eigenvalue weighted by Crippen LogP contribution is -2.07. The number of phenols is 1. The fraction of sp³-hybridized carbons (Fsp3) is 0.240. The van der Waals surface area contributed by atoms with Crippen LogP contribution >= 0.6 is 15.9 Å². The molecule has 4 nitrogen and oxygen atoms in total. The number of rotatable bonds is 10. The van der Waals surface area contributed by atoms with Crippen LogP contribution in [0.15, 0.2) is 77.3 Å². The summed E-state index contributed by atoms with van der Waals surface area (Å²) < 4.78 is 12.0. The molecule has 0 spiro atoms. The molecule has 0 aliphatic rings. The van der Waals surface area contributed by atoms with Gasteiger partial charge >= 0.3 is 5.97 Å². The number of carbonyl (C=O) groups is 1. The van der Waals surface area contributed by atoms with Crippen molar-refractivity contribution in [1.29, 1.82) is 0 Å². The lowest BCUT2D eigenvalue weighted by Gasteiger charge is -2.10. The monoisotopic (exact) mass is 468 g/mol. The van der Waals surface area contributed by atoms with Gasteiger partial charge in [-0.05, 0) is 60.2 Å². The molecule has 3 rings (SSSR count). The van der Waals surface area contributed by atoms with Gasteiger partial charge in [-0.2, -0.15) is 0 Å². The Morgan fingerprint density at radius 1 is 0.867 bits per heavy atom. The minimum absolute atomic E-state index is 0.0753. The lowest BCUT2D eigenvalue weighted by atomic mass is 10.1. The third kappa shape index (κ3) is 7.23. The maximum absolute atomic E-state index is 12.0. The second kappa shape index (κ2) is 11.4. The van der Waals surface area contributed by atoms with Crippen LogP contribution in [0.5, 0.6) is 11.5 Å². The number of aryl methyl sites for hydroxylation is 2. The van der Waals surface area contributed by atoms with Gasteiger partial charge in [-0.3, -0.25) is 4.79 Å². The molecule has 30 heavy (non-hydrogen) atoms. The molecule has 0 saturated carbocycles. The molecule has 0 atom stereocenters. The van der Waals surface area contributed by atoms with Crippen LogP contribution in [0, 0.1) is 0 Å². The van der Waals surface area contributed by atoms with Crippen molar-refractivity contribution in [3.63, 3.8) is 0 Å². The van der Waals surface area contributed by atoms with Gasteiger partial charge in [0.2, 0.25) is 0 Å². The maximum atomic E-state index is 12.0. The molecular formula is C25H25BrO4. The molecule has 3 aromatic rings. The Bertz CT molecular complexity index is 939. The van der Waals surface area contributed by atoms with Crippen molar-refractivity contribution >= 4 is 21.9 Å². The SMILES string of the molecule is O=C(CCc1ccc(OCc2ccccc2)c(O)c1)OCCCc1ccc(Br)cc1. The average molecular weight is 469 g/mol. The lowest BCUT2D eigenvalue weighted by molar-refractivity contribution is -0.143. The van der Waals surface area contributed by atoms with Crippen molar-refractivity contribution in [2.24, 2.45) is 0 Å². The van der Waals surface area contributed by atoms with Gasteiger partial charge < -0.3 is 14.6 Å². The highest BCUT2D eigenvalue weighted by atomic mass is 79.9. The molecule has 0 heterocycles. The Labute approximate surface area is 185 Å². The molecule has 0 aliphatic carbocycles. The Morgan fingerprint density at radius 2 is 1.60 bits per heavy atom. The van der Waals surface area contributed by atoms with Crippen LogP contribution in [0.25, 0.3) is 0 Å². The largest absolute Gasteiger partial charge is 0.504 e. The summed E-state index contributed by atoms with van der Waals surface area (Å²) in [5.41, 5.74) is 3.12. The van der Waals surface area contributed by atoms with Crippen LogP contribution in [-0.4, -0.2) is 17.7 Å². The minimum atomic E-state index is -0.227. The fourth-order valence-electron chi connectivity index (χ4n) is 3.01. The van der Waals surface area contributed by atoms with E-state index in [9.17, 15) is 9.90 Å². The van der Waals surface area contributed by atoms with Gasteiger partial charge in [-0.15, -0.1) is 0 Å². The summed E-state index contributed by atoms with van der Waals surface area (Å²) in [6.07, 6.45) is 2.46. The Hall–Kier alpha value is -2.79. The zero-order chi connectivity index (χ0) is 21.2. The summed E-state index contributed by atoms with van der Waals surface area (Å²) in [5, 5.41) is 10.2. The quantitative estimate of drug-likeness (QED) is 0.299. The zero-order valence-electron chi connectivity index (χ0n) is 16.7. The first-order valence-electron chi connectivity index (χ1n) is 9.99. The van der Waals surface area contributed by atoms with Crippen molar-refractivity contribution in [3.8, 4) is 11.5 Å². The summed E-state index contributed by atoms with van der Waals surface area (Å²) in [7, 11) is 0. The summed E-state index contributed by atoms with van der Waals surface area (Å²) >= 11 is 3.42. The number of aromatic hydroxyl groups is 1. The highest BCUT2D eigenvalue weighted by Gasteiger charge is 2.08. The van der Waals surface area contributed by atoms with Crippen molar-refractivity contribution in [2.75, 3.05) is 6.61 Å². The van der Waals surface area contributed by atoms with E-state index in [1.807, 2.05) is 48.5 Å². The summed E-state index contributed by atoms with van der Waals surface area (Å²) in [6.45, 7) is 0.798. The number of carbonyl (C=O) groups excluding carboxylic acids is 1. The third-order valence-corrected chi connectivity index (χ3v) is 5.19. The predicted molar refractivity (Wildman–Crippen MR) is 121 cm³/mol. The molecule has 1 N–H and O–H groups in total. The van der Waals surface area contributed by atoms with Gasteiger partial charge in [-0.1, -0.05) is 64.5 Å². The molecule has 0 fully saturated rings. The standard InChI is InChI=1S/C25H25BrO4/c26-22-12-8-19(9-13-22)7-4-16-29-25(28)15-11-20-10-14-24(23(27)17-20)30-18-21-5-2-1-3-6-21/h1-3,5-6,8-10,12-14,17,27H,4,7,11,15-16,18H2. The molecule has 0 amide bonds. The van der Waals surface area contributed by atoms with Crippen molar-refractivity contribution < 1.29 is 19.4 Å². The van der Waals surface area contributed by atoms with E-state index in [0.717, 1.165) is 28.4 Å². The third-order valence-electron chi connectivity index (χ3n) is 4.66. The molecule has 0 saturated heterocycles. The Balaban J connectivity index is 1.36. The van der Waals surface area contributed by atoms with Crippen LogP contribution in [0.3, 0.4) is 0 Å². The Morgan fingerprint density at radius 3 is 2.33 bits per heavy atom. The van der Waals surface area contributed by atoms with E-state index in [-0.39, 0.29) is 18.1 Å². The van der Waals surface area contributed by atoms with Crippen LogP contribution in [0.2, 0.25) is 0 Å². The van der Waals surface area contributed by atoms with Gasteiger partial charge in [0.05, 0.1) is 6.61 Å². The van der Waals surface area contributed by atoms with Crippen molar-refractivity contribution in [3.05, 3.63) is 94.0 Å². The van der Waals surface area contributed by atoms with E-state index < -0.39 is 0 Å². The molecular weight excluding hydrogens is 444 g/mol. The first-order valence-corrected chi connectivity index (χ1v) is 10.8. The van der Waals surface area contributed by atoms with E-state index in [2.05, 4.69) is 28.1 Å². The van der Waals surface area contributed by atoms with Crippen LogP contribution in [0.4, 0.5) is 0 Å². The summed E-state index contributed by atoms with van der Waals surface area (Å²) in [5.74, 6) is 0.277. The van der Waals surface area contributed by atoms with Crippen molar-refractivity contribution in [2.45, 2.75) is 32.3 Å². The van der Waals surface area contributed by atoms with E-state index >= 15 is 0 Å². The van der Waals surface area contributed by atoms with Crippen LogP contribution < -0.4 is 4.74 Å². The smallest absolute Gasteiger partial charge is 0.306 e. The molecule has 0 aliphatic heterocycles. The maximum Gasteiger partial charge on any atom is 0.306 e. The normalized spacial score (nSPS) is 10.6. The number of phenolic OH excluding ortho intramolecular Hbond substituents is 1. The zero-order valence-corrected chi connectivity index (χ0v) is 18.3. The summed E-state index contributed by atoms with van der Waals surface area (Å²) in [4.78, 5) is 12.0. The highest BCUT2D eigenvalue weighted by Crippen LogP contribution is 2.28. The van der Waals surface area contributed by atoms with Gasteiger partial charge in [0.25, 0.3) is 0 Å². The van der Waals surface area contributed by atoms with Gasteiger partial charge in [0, 0.05) is 10.9 Å². The van der Waals surface area contributed by atoms with Gasteiger partial charge in [0.15, 0.2) is 11.5 Å². The number of ether oxygens (including phenoxy) is 2. The average Bonchev–Trinajstić information content (AvgIpc) is 2.76. The number of benzene rings is 3. The molecule has 0 unspecified atom stereocenters.